The second kappa shape index (κ2) is 10.8. The average Bonchev–Trinajstić information content (AvgIpc) is 3.43. The number of benzene rings is 1. The molecule has 2 heterocycles. The molecule has 0 amide bonds. The summed E-state index contributed by atoms with van der Waals surface area (Å²) in [4.78, 5) is 11.8. The third-order valence-corrected chi connectivity index (χ3v) is 5.42. The second-order valence-corrected chi connectivity index (χ2v) is 7.77. The van der Waals surface area contributed by atoms with Gasteiger partial charge in [0, 0.05) is 18.7 Å². The van der Waals surface area contributed by atoms with Gasteiger partial charge in [-0.15, -0.1) is 0 Å². The molecule has 1 aliphatic rings. The molecule has 162 valence electrons. The van der Waals surface area contributed by atoms with E-state index in [-0.39, 0.29) is 11.9 Å². The largest absolute Gasteiger partial charge is 0.396 e. The summed E-state index contributed by atoms with van der Waals surface area (Å²) in [6.45, 7) is 6.20. The van der Waals surface area contributed by atoms with Crippen molar-refractivity contribution in [1.29, 1.82) is 5.41 Å². The highest BCUT2D eigenvalue weighted by molar-refractivity contribution is 5.98. The molecule has 8 heteroatoms. The topological polar surface area (TPSA) is 114 Å². The zero-order chi connectivity index (χ0) is 21.3. The van der Waals surface area contributed by atoms with E-state index >= 15 is 0 Å². The number of nitrogens with two attached hydrogens (primary N) is 1. The lowest BCUT2D eigenvalue weighted by atomic mass is 10.1. The highest BCUT2D eigenvalue weighted by Crippen LogP contribution is 2.27. The van der Waals surface area contributed by atoms with Gasteiger partial charge >= 0.3 is 0 Å². The Morgan fingerprint density at radius 1 is 1.27 bits per heavy atom. The molecule has 1 atom stereocenters. The maximum atomic E-state index is 7.54. The zero-order valence-corrected chi connectivity index (χ0v) is 17.9. The zero-order valence-electron chi connectivity index (χ0n) is 17.9. The van der Waals surface area contributed by atoms with Gasteiger partial charge in [0.05, 0.1) is 11.6 Å². The minimum atomic E-state index is 0.0883. The first-order chi connectivity index (χ1) is 14.6. The van der Waals surface area contributed by atoms with Gasteiger partial charge in [0.1, 0.15) is 6.61 Å². The molecule has 1 fully saturated rings. The van der Waals surface area contributed by atoms with Crippen molar-refractivity contribution in [3.8, 4) is 11.4 Å². The highest BCUT2D eigenvalue weighted by Gasteiger charge is 2.29. The summed E-state index contributed by atoms with van der Waals surface area (Å²) in [5, 5.41) is 15.9. The molecule has 8 nitrogen and oxygen atoms in total. The van der Waals surface area contributed by atoms with Crippen LogP contribution in [0.4, 0.5) is 0 Å². The van der Waals surface area contributed by atoms with E-state index in [2.05, 4.69) is 22.2 Å². The van der Waals surface area contributed by atoms with Gasteiger partial charge in [-0.2, -0.15) is 4.98 Å². The molecule has 0 unspecified atom stereocenters. The quantitative estimate of drug-likeness (QED) is 0.262. The molecule has 1 saturated heterocycles. The van der Waals surface area contributed by atoms with E-state index in [1.807, 2.05) is 36.1 Å². The first kappa shape index (κ1) is 21.8. The molecule has 30 heavy (non-hydrogen) atoms. The fourth-order valence-electron chi connectivity index (χ4n) is 3.52. The van der Waals surface area contributed by atoms with Gasteiger partial charge in [-0.05, 0) is 31.7 Å². The van der Waals surface area contributed by atoms with Crippen LogP contribution >= 0.6 is 0 Å². The fraction of sp³-hybridized carbons (Fsp3) is 0.545. The van der Waals surface area contributed by atoms with E-state index in [0.29, 0.717) is 24.9 Å². The van der Waals surface area contributed by atoms with Crippen LogP contribution in [-0.4, -0.2) is 46.4 Å². The standard InChI is InChI=1S/C22H32N6O2/c1-3-4-5-6-7-14-29-26-16(2)17-8-10-18(11-9-17)20-25-21(30-27-20)19-12-13-28(15-19)22(23)24/h8-11,19H,3-7,12-15H2,1-2H3,(H3,23,24)/t19-/m1/s1. The molecular formula is C22H32N6O2. The third-order valence-electron chi connectivity index (χ3n) is 5.42. The fourth-order valence-corrected chi connectivity index (χ4v) is 3.52. The van der Waals surface area contributed by atoms with Crippen LogP contribution in [0.25, 0.3) is 11.4 Å². The Hall–Kier alpha value is -2.90. The Morgan fingerprint density at radius 2 is 2.03 bits per heavy atom. The van der Waals surface area contributed by atoms with Crippen LogP contribution in [0.15, 0.2) is 33.9 Å². The van der Waals surface area contributed by atoms with Crippen molar-refractivity contribution in [1.82, 2.24) is 15.0 Å². The van der Waals surface area contributed by atoms with E-state index in [1.54, 1.807) is 0 Å². The number of oxime groups is 1. The molecule has 0 aliphatic carbocycles. The summed E-state index contributed by atoms with van der Waals surface area (Å²) in [5.41, 5.74) is 8.30. The van der Waals surface area contributed by atoms with Crippen molar-refractivity contribution >= 4 is 11.7 Å². The highest BCUT2D eigenvalue weighted by atomic mass is 16.6. The molecule has 3 rings (SSSR count). The van der Waals surface area contributed by atoms with Crippen molar-refractivity contribution in [2.24, 2.45) is 10.9 Å². The summed E-state index contributed by atoms with van der Waals surface area (Å²) in [5.74, 6) is 1.37. The molecule has 0 radical (unpaired) electrons. The van der Waals surface area contributed by atoms with Crippen LogP contribution in [-0.2, 0) is 4.84 Å². The van der Waals surface area contributed by atoms with E-state index < -0.39 is 0 Å². The monoisotopic (exact) mass is 412 g/mol. The predicted octanol–water partition coefficient (Wildman–Crippen LogP) is 4.13. The number of nitrogens with zero attached hydrogens (tertiary/aromatic N) is 4. The van der Waals surface area contributed by atoms with Crippen molar-refractivity contribution in [3.63, 3.8) is 0 Å². The molecule has 1 aliphatic heterocycles. The predicted molar refractivity (Wildman–Crippen MR) is 118 cm³/mol. The average molecular weight is 413 g/mol. The number of likely N-dealkylation sites (tertiary alicyclic amines) is 1. The number of nitrogens with one attached hydrogen (secondary N) is 1. The van der Waals surface area contributed by atoms with Crippen molar-refractivity contribution in [2.45, 2.75) is 58.3 Å². The van der Waals surface area contributed by atoms with E-state index in [0.717, 1.165) is 36.2 Å². The van der Waals surface area contributed by atoms with Gasteiger partial charge in [-0.3, -0.25) is 5.41 Å². The number of hydrogen-bond donors (Lipinski definition) is 2. The Labute approximate surface area is 178 Å². The lowest BCUT2D eigenvalue weighted by molar-refractivity contribution is 0.139. The Balaban J connectivity index is 1.52. The van der Waals surface area contributed by atoms with Crippen LogP contribution < -0.4 is 5.73 Å². The van der Waals surface area contributed by atoms with Gasteiger partial charge in [0.15, 0.2) is 5.96 Å². The lowest BCUT2D eigenvalue weighted by Gasteiger charge is -2.14. The Morgan fingerprint density at radius 3 is 2.73 bits per heavy atom. The van der Waals surface area contributed by atoms with Gasteiger partial charge in [-0.1, -0.05) is 60.8 Å². The number of hydrogen-bond acceptors (Lipinski definition) is 6. The van der Waals surface area contributed by atoms with Gasteiger partial charge in [0.2, 0.25) is 11.7 Å². The van der Waals surface area contributed by atoms with E-state index in [1.165, 1.54) is 25.7 Å². The lowest BCUT2D eigenvalue weighted by Crippen LogP contribution is -2.34. The number of aromatic nitrogens is 2. The van der Waals surface area contributed by atoms with Crippen LogP contribution in [0.3, 0.4) is 0 Å². The summed E-state index contributed by atoms with van der Waals surface area (Å²) >= 11 is 0. The minimum Gasteiger partial charge on any atom is -0.396 e. The summed E-state index contributed by atoms with van der Waals surface area (Å²) < 4.78 is 5.47. The first-order valence-corrected chi connectivity index (χ1v) is 10.8. The Kier molecular flexibility index (Phi) is 7.82. The molecule has 1 aromatic carbocycles. The van der Waals surface area contributed by atoms with Gasteiger partial charge < -0.3 is 20.0 Å². The summed E-state index contributed by atoms with van der Waals surface area (Å²) in [6, 6.07) is 7.90. The second-order valence-electron chi connectivity index (χ2n) is 7.77. The molecule has 0 spiro atoms. The number of unbranched alkanes of at least 4 members (excludes halogenated alkanes) is 4. The van der Waals surface area contributed by atoms with Crippen molar-refractivity contribution < 1.29 is 9.36 Å². The Bertz CT molecular complexity index is 846. The normalized spacial score (nSPS) is 16.8. The number of rotatable bonds is 10. The summed E-state index contributed by atoms with van der Waals surface area (Å²) in [7, 11) is 0. The van der Waals surface area contributed by atoms with Gasteiger partial charge in [-0.25, -0.2) is 0 Å². The maximum Gasteiger partial charge on any atom is 0.231 e. The molecular weight excluding hydrogens is 380 g/mol. The third kappa shape index (κ3) is 5.81. The minimum absolute atomic E-state index is 0.0883. The SMILES string of the molecule is CCCCCCCON=C(C)c1ccc(-c2noc([C@@H]3CCN(C(=N)N)C3)n2)cc1. The molecule has 1 aromatic heterocycles. The summed E-state index contributed by atoms with van der Waals surface area (Å²) in [6.07, 6.45) is 6.89. The van der Waals surface area contributed by atoms with E-state index in [9.17, 15) is 0 Å². The van der Waals surface area contributed by atoms with Crippen molar-refractivity contribution in [3.05, 3.63) is 35.7 Å². The molecule has 0 bridgehead atoms. The van der Waals surface area contributed by atoms with E-state index in [4.69, 9.17) is 20.5 Å². The first-order valence-electron chi connectivity index (χ1n) is 10.8. The van der Waals surface area contributed by atoms with Crippen molar-refractivity contribution in [2.75, 3.05) is 19.7 Å². The molecule has 3 N–H and O–H groups in total. The van der Waals surface area contributed by atoms with Crippen LogP contribution in [0.5, 0.6) is 0 Å². The maximum absolute atomic E-state index is 7.54. The van der Waals surface area contributed by atoms with Crippen LogP contribution in [0.2, 0.25) is 0 Å². The number of guanidine groups is 1. The molecule has 0 saturated carbocycles. The van der Waals surface area contributed by atoms with Gasteiger partial charge in [0.25, 0.3) is 0 Å². The van der Waals surface area contributed by atoms with Crippen LogP contribution in [0, 0.1) is 5.41 Å². The van der Waals surface area contributed by atoms with Crippen LogP contribution in [0.1, 0.15) is 69.7 Å². The smallest absolute Gasteiger partial charge is 0.231 e. The molecule has 2 aromatic rings.